The Bertz CT molecular complexity index is 748. The summed E-state index contributed by atoms with van der Waals surface area (Å²) < 4.78 is 4.98. The zero-order valence-corrected chi connectivity index (χ0v) is 13.4. The Balaban J connectivity index is 2.36. The molecule has 0 N–H and O–H groups in total. The highest BCUT2D eigenvalue weighted by Crippen LogP contribution is 2.22. The molecule has 1 atom stereocenters. The number of Topliss-reactive ketones (excluding diaryl/α,β-unsaturated/α-hetero) is 2. The molecule has 0 radical (unpaired) electrons. The Morgan fingerprint density at radius 3 is 1.92 bits per heavy atom. The summed E-state index contributed by atoms with van der Waals surface area (Å²) in [4.78, 5) is 37.6. The van der Waals surface area contributed by atoms with Gasteiger partial charge in [0.25, 0.3) is 0 Å². The second kappa shape index (κ2) is 8.02. The molecule has 0 bridgehead atoms. The average Bonchev–Trinajstić information content (AvgIpc) is 2.62. The lowest BCUT2D eigenvalue weighted by Crippen LogP contribution is -2.31. The van der Waals surface area contributed by atoms with Crippen LogP contribution in [-0.2, 0) is 9.53 Å². The minimum absolute atomic E-state index is 0.0893. The van der Waals surface area contributed by atoms with Gasteiger partial charge in [-0.05, 0) is 6.92 Å². The molecule has 2 aromatic carbocycles. The number of hydrogen-bond donors (Lipinski definition) is 0. The Morgan fingerprint density at radius 1 is 0.917 bits per heavy atom. The van der Waals surface area contributed by atoms with Crippen LogP contribution in [0, 0.1) is 5.92 Å². The molecular formula is C20H18O4. The van der Waals surface area contributed by atoms with Crippen LogP contribution >= 0.6 is 0 Å². The Labute approximate surface area is 140 Å². The van der Waals surface area contributed by atoms with Crippen molar-refractivity contribution in [3.8, 4) is 0 Å². The van der Waals surface area contributed by atoms with Gasteiger partial charge in [-0.2, -0.15) is 0 Å². The quantitative estimate of drug-likeness (QED) is 0.339. The first-order chi connectivity index (χ1) is 11.6. The van der Waals surface area contributed by atoms with Crippen molar-refractivity contribution in [1.82, 2.24) is 0 Å². The molecule has 0 saturated heterocycles. The fourth-order valence-corrected chi connectivity index (χ4v) is 2.31. The maximum Gasteiger partial charge on any atom is 0.321 e. The van der Waals surface area contributed by atoms with Crippen molar-refractivity contribution < 1.29 is 19.1 Å². The van der Waals surface area contributed by atoms with E-state index in [1.165, 1.54) is 0 Å². The number of esters is 1. The summed E-state index contributed by atoms with van der Waals surface area (Å²) in [6.07, 6.45) is 0. The van der Waals surface area contributed by atoms with E-state index in [0.717, 1.165) is 0 Å². The number of benzene rings is 2. The molecule has 0 aliphatic rings. The number of ketones is 2. The molecule has 0 aliphatic carbocycles. The molecule has 0 heterocycles. The minimum Gasteiger partial charge on any atom is -0.465 e. The third-order valence-electron chi connectivity index (χ3n) is 3.52. The Hall–Kier alpha value is -3.01. The monoisotopic (exact) mass is 322 g/mol. The predicted octanol–water partition coefficient (Wildman–Crippen LogP) is 3.49. The van der Waals surface area contributed by atoms with Crippen LogP contribution in [0.15, 0.2) is 72.8 Å². The van der Waals surface area contributed by atoms with Crippen LogP contribution in [0.3, 0.4) is 0 Å². The van der Waals surface area contributed by atoms with E-state index in [9.17, 15) is 14.4 Å². The number of carbonyl (C=O) groups excluding carboxylic acids is 3. The SMILES string of the molecule is C=C(C(=O)c1ccccc1)C(C(=O)OCC)C(=O)c1ccccc1. The van der Waals surface area contributed by atoms with Gasteiger partial charge in [-0.15, -0.1) is 0 Å². The number of carbonyl (C=O) groups is 3. The fourth-order valence-electron chi connectivity index (χ4n) is 2.31. The highest BCUT2D eigenvalue weighted by atomic mass is 16.5. The molecule has 2 aromatic rings. The molecular weight excluding hydrogens is 304 g/mol. The lowest BCUT2D eigenvalue weighted by Gasteiger charge is -2.16. The first-order valence-electron chi connectivity index (χ1n) is 7.60. The fraction of sp³-hybridized carbons (Fsp3) is 0.150. The molecule has 0 spiro atoms. The highest BCUT2D eigenvalue weighted by molar-refractivity contribution is 6.20. The van der Waals surface area contributed by atoms with Crippen LogP contribution in [-0.4, -0.2) is 24.1 Å². The molecule has 4 nitrogen and oxygen atoms in total. The van der Waals surface area contributed by atoms with Gasteiger partial charge in [-0.25, -0.2) is 0 Å². The third kappa shape index (κ3) is 3.84. The van der Waals surface area contributed by atoms with Crippen molar-refractivity contribution in [2.24, 2.45) is 5.92 Å². The second-order valence-electron chi connectivity index (χ2n) is 5.14. The molecule has 122 valence electrons. The summed E-state index contributed by atoms with van der Waals surface area (Å²) in [6.45, 7) is 5.47. The first kappa shape index (κ1) is 17.3. The number of ether oxygens (including phenoxy) is 1. The summed E-state index contributed by atoms with van der Waals surface area (Å²) in [5.41, 5.74) is 0.615. The van der Waals surface area contributed by atoms with Gasteiger partial charge in [0.1, 0.15) is 5.92 Å². The minimum atomic E-state index is -1.35. The van der Waals surface area contributed by atoms with Crippen LogP contribution < -0.4 is 0 Å². The van der Waals surface area contributed by atoms with Gasteiger partial charge in [0, 0.05) is 16.7 Å². The van der Waals surface area contributed by atoms with E-state index in [2.05, 4.69) is 6.58 Å². The summed E-state index contributed by atoms with van der Waals surface area (Å²) in [7, 11) is 0. The van der Waals surface area contributed by atoms with Crippen LogP contribution in [0.5, 0.6) is 0 Å². The molecule has 4 heteroatoms. The lowest BCUT2D eigenvalue weighted by molar-refractivity contribution is -0.144. The smallest absolute Gasteiger partial charge is 0.321 e. The molecule has 0 fully saturated rings. The molecule has 2 rings (SSSR count). The Kier molecular flexibility index (Phi) is 5.79. The van der Waals surface area contributed by atoms with Gasteiger partial charge in [0.05, 0.1) is 6.61 Å². The maximum atomic E-state index is 12.7. The van der Waals surface area contributed by atoms with Crippen LogP contribution in [0.4, 0.5) is 0 Å². The van der Waals surface area contributed by atoms with E-state index in [4.69, 9.17) is 4.74 Å². The van der Waals surface area contributed by atoms with Crippen molar-refractivity contribution in [2.75, 3.05) is 6.61 Å². The highest BCUT2D eigenvalue weighted by Gasteiger charge is 2.35. The summed E-state index contributed by atoms with van der Waals surface area (Å²) >= 11 is 0. The summed E-state index contributed by atoms with van der Waals surface area (Å²) in [5.74, 6) is -3.05. The van der Waals surface area contributed by atoms with Crippen LogP contribution in [0.1, 0.15) is 27.6 Å². The van der Waals surface area contributed by atoms with E-state index < -0.39 is 23.5 Å². The second-order valence-corrected chi connectivity index (χ2v) is 5.14. The van der Waals surface area contributed by atoms with Gasteiger partial charge >= 0.3 is 5.97 Å². The zero-order chi connectivity index (χ0) is 17.5. The van der Waals surface area contributed by atoms with Crippen molar-refractivity contribution in [3.05, 3.63) is 83.9 Å². The van der Waals surface area contributed by atoms with Crippen molar-refractivity contribution in [2.45, 2.75) is 6.92 Å². The number of rotatable bonds is 7. The van der Waals surface area contributed by atoms with E-state index >= 15 is 0 Å². The number of hydrogen-bond acceptors (Lipinski definition) is 4. The van der Waals surface area contributed by atoms with Gasteiger partial charge in [0.15, 0.2) is 11.6 Å². The normalized spacial score (nSPS) is 11.4. The van der Waals surface area contributed by atoms with Crippen molar-refractivity contribution >= 4 is 17.5 Å². The van der Waals surface area contributed by atoms with E-state index in [1.54, 1.807) is 67.6 Å². The molecule has 24 heavy (non-hydrogen) atoms. The van der Waals surface area contributed by atoms with E-state index in [0.29, 0.717) is 11.1 Å². The van der Waals surface area contributed by atoms with E-state index in [-0.39, 0.29) is 12.2 Å². The largest absolute Gasteiger partial charge is 0.465 e. The molecule has 1 unspecified atom stereocenters. The average molecular weight is 322 g/mol. The first-order valence-corrected chi connectivity index (χ1v) is 7.60. The topological polar surface area (TPSA) is 60.4 Å². The third-order valence-corrected chi connectivity index (χ3v) is 3.52. The van der Waals surface area contributed by atoms with Gasteiger partial charge in [-0.1, -0.05) is 67.2 Å². The van der Waals surface area contributed by atoms with E-state index in [1.807, 2.05) is 0 Å². The zero-order valence-electron chi connectivity index (χ0n) is 13.4. The molecule has 0 saturated carbocycles. The maximum absolute atomic E-state index is 12.7. The summed E-state index contributed by atoms with van der Waals surface area (Å²) in [6, 6.07) is 16.7. The van der Waals surface area contributed by atoms with Gasteiger partial charge in [0.2, 0.25) is 0 Å². The van der Waals surface area contributed by atoms with Gasteiger partial charge < -0.3 is 4.74 Å². The van der Waals surface area contributed by atoms with Gasteiger partial charge in [-0.3, -0.25) is 14.4 Å². The van der Waals surface area contributed by atoms with Crippen molar-refractivity contribution in [3.63, 3.8) is 0 Å². The van der Waals surface area contributed by atoms with Crippen molar-refractivity contribution in [1.29, 1.82) is 0 Å². The Morgan fingerprint density at radius 2 is 1.42 bits per heavy atom. The summed E-state index contributed by atoms with van der Waals surface area (Å²) in [5, 5.41) is 0. The lowest BCUT2D eigenvalue weighted by atomic mass is 9.87. The van der Waals surface area contributed by atoms with Crippen LogP contribution in [0.2, 0.25) is 0 Å². The molecule has 0 aliphatic heterocycles. The standard InChI is InChI=1S/C20H18O4/c1-3-24-20(23)17(19(22)16-12-8-5-9-13-16)14(2)18(21)15-10-6-4-7-11-15/h4-13,17H,2-3H2,1H3. The molecule has 0 aromatic heterocycles. The predicted molar refractivity (Wildman–Crippen MR) is 90.8 cm³/mol. The molecule has 0 amide bonds. The van der Waals surface area contributed by atoms with Crippen LogP contribution in [0.25, 0.3) is 0 Å².